The smallest absolute Gasteiger partial charge is 0.311 e. The van der Waals surface area contributed by atoms with Crippen molar-refractivity contribution in [2.75, 3.05) is 5.73 Å². The molecule has 2 aromatic rings. The van der Waals surface area contributed by atoms with Gasteiger partial charge < -0.3 is 20.7 Å². The highest BCUT2D eigenvalue weighted by molar-refractivity contribution is 7.16. The predicted octanol–water partition coefficient (Wildman–Crippen LogP) is 2.09. The molecule has 1 saturated heterocycles. The van der Waals surface area contributed by atoms with Crippen molar-refractivity contribution in [1.82, 2.24) is 14.5 Å². The monoisotopic (exact) mass is 400 g/mol. The molecule has 2 atom stereocenters. The van der Waals surface area contributed by atoms with Gasteiger partial charge in [-0.05, 0) is 19.3 Å². The third kappa shape index (κ3) is 7.31. The number of carbonyl (C=O) groups is 2. The molecule has 11 heteroatoms. The first-order valence-corrected chi connectivity index (χ1v) is 9.15. The summed E-state index contributed by atoms with van der Waals surface area (Å²) >= 11 is 1.14. The third-order valence-corrected chi connectivity index (χ3v) is 4.24. The van der Waals surface area contributed by atoms with Gasteiger partial charge in [-0.2, -0.15) is 4.98 Å². The number of hydrogen-bond acceptors (Lipinski definition) is 8. The number of carboxylic acids is 2. The predicted molar refractivity (Wildman–Crippen MR) is 101 cm³/mol. The zero-order valence-corrected chi connectivity index (χ0v) is 16.2. The van der Waals surface area contributed by atoms with Crippen LogP contribution in [0.2, 0.25) is 0 Å². The Morgan fingerprint density at radius 2 is 1.93 bits per heavy atom. The molecule has 0 spiro atoms. The van der Waals surface area contributed by atoms with Gasteiger partial charge in [0.15, 0.2) is 5.65 Å². The standard InChI is InChI=1S/C12H16N4O2S.2C2H4O2/c1-2-3-7-4-5-9(18-7)16-10-8(19-12(16)17)6-14-11(13)15-10;2*1-2(3)4/h6-7,9H,2-5H2,1H3,(H2,13,14,15);2*1H3,(H,3,4). The number of nitrogens with zero attached hydrogens (tertiary/aromatic N) is 3. The number of aromatic nitrogens is 3. The first kappa shape index (κ1) is 22.5. The lowest BCUT2D eigenvalue weighted by atomic mass is 10.1. The first-order valence-electron chi connectivity index (χ1n) is 8.33. The van der Waals surface area contributed by atoms with Crippen molar-refractivity contribution in [3.63, 3.8) is 0 Å². The Bertz CT molecular complexity index is 814. The maximum absolute atomic E-state index is 12.1. The summed E-state index contributed by atoms with van der Waals surface area (Å²) in [6.07, 6.45) is 5.58. The molecule has 0 bridgehead atoms. The average molecular weight is 400 g/mol. The van der Waals surface area contributed by atoms with Crippen molar-refractivity contribution in [2.45, 2.75) is 58.8 Å². The molecule has 2 unspecified atom stereocenters. The van der Waals surface area contributed by atoms with E-state index < -0.39 is 11.9 Å². The number of aliphatic carboxylic acids is 2. The van der Waals surface area contributed by atoms with Gasteiger partial charge in [-0.15, -0.1) is 0 Å². The van der Waals surface area contributed by atoms with E-state index in [4.69, 9.17) is 30.3 Å². The van der Waals surface area contributed by atoms with Crippen molar-refractivity contribution in [3.8, 4) is 0 Å². The number of thiazole rings is 1. The number of fused-ring (bicyclic) bond motifs is 1. The van der Waals surface area contributed by atoms with Crippen LogP contribution in [0.5, 0.6) is 0 Å². The van der Waals surface area contributed by atoms with Crippen LogP contribution >= 0.6 is 11.3 Å². The van der Waals surface area contributed by atoms with Crippen LogP contribution in [0.1, 0.15) is 52.7 Å². The highest BCUT2D eigenvalue weighted by atomic mass is 32.1. The van der Waals surface area contributed by atoms with Gasteiger partial charge in [0.1, 0.15) is 6.23 Å². The Kier molecular flexibility index (Phi) is 8.82. The lowest BCUT2D eigenvalue weighted by Crippen LogP contribution is -2.20. The lowest BCUT2D eigenvalue weighted by Gasteiger charge is -2.14. The van der Waals surface area contributed by atoms with E-state index in [0.29, 0.717) is 5.65 Å². The second kappa shape index (κ2) is 10.6. The van der Waals surface area contributed by atoms with E-state index in [-0.39, 0.29) is 23.2 Å². The minimum absolute atomic E-state index is 0.0583. The molecule has 10 nitrogen and oxygen atoms in total. The number of nitrogens with two attached hydrogens (primary N) is 1. The van der Waals surface area contributed by atoms with Crippen LogP contribution < -0.4 is 10.6 Å². The average Bonchev–Trinajstić information content (AvgIpc) is 3.09. The van der Waals surface area contributed by atoms with E-state index >= 15 is 0 Å². The van der Waals surface area contributed by atoms with Crippen molar-refractivity contribution in [1.29, 1.82) is 0 Å². The molecule has 0 amide bonds. The number of nitrogen functional groups attached to an aromatic ring is 1. The van der Waals surface area contributed by atoms with Crippen LogP contribution in [-0.2, 0) is 14.3 Å². The number of hydrogen-bond donors (Lipinski definition) is 3. The van der Waals surface area contributed by atoms with Crippen LogP contribution in [0.4, 0.5) is 5.95 Å². The normalized spacial score (nSPS) is 18.2. The molecular weight excluding hydrogens is 376 g/mol. The van der Waals surface area contributed by atoms with E-state index in [1.807, 2.05) is 0 Å². The molecule has 150 valence electrons. The largest absolute Gasteiger partial charge is 0.481 e. The van der Waals surface area contributed by atoms with Crippen LogP contribution in [0, 0.1) is 0 Å². The maximum Gasteiger partial charge on any atom is 0.311 e. The third-order valence-electron chi connectivity index (χ3n) is 3.36. The van der Waals surface area contributed by atoms with E-state index in [0.717, 1.165) is 55.6 Å². The van der Waals surface area contributed by atoms with Gasteiger partial charge in [0.25, 0.3) is 11.9 Å². The SMILES string of the molecule is CC(=O)O.CC(=O)O.CCCC1CCC(n2c(=O)sc3cnc(N)nc32)O1. The highest BCUT2D eigenvalue weighted by Crippen LogP contribution is 2.32. The summed E-state index contributed by atoms with van der Waals surface area (Å²) in [6, 6.07) is 0. The van der Waals surface area contributed by atoms with Gasteiger partial charge in [0, 0.05) is 13.8 Å². The topological polar surface area (TPSA) is 158 Å². The van der Waals surface area contributed by atoms with Gasteiger partial charge >= 0.3 is 4.87 Å². The molecular formula is C16H24N4O6S. The van der Waals surface area contributed by atoms with Gasteiger partial charge in [-0.1, -0.05) is 24.7 Å². The number of rotatable bonds is 3. The molecule has 0 aromatic carbocycles. The van der Waals surface area contributed by atoms with E-state index in [9.17, 15) is 4.79 Å². The van der Waals surface area contributed by atoms with Gasteiger partial charge in [-0.3, -0.25) is 19.0 Å². The van der Waals surface area contributed by atoms with Crippen molar-refractivity contribution < 1.29 is 24.5 Å². The Labute approximate surface area is 159 Å². The molecule has 4 N–H and O–H groups in total. The highest BCUT2D eigenvalue weighted by Gasteiger charge is 2.29. The number of ether oxygens (including phenoxy) is 1. The minimum atomic E-state index is -0.833. The molecule has 0 saturated carbocycles. The summed E-state index contributed by atoms with van der Waals surface area (Å²) < 4.78 is 8.31. The first-order chi connectivity index (χ1) is 12.6. The second-order valence-electron chi connectivity index (χ2n) is 5.77. The van der Waals surface area contributed by atoms with E-state index in [2.05, 4.69) is 16.9 Å². The van der Waals surface area contributed by atoms with Crippen LogP contribution in [0.15, 0.2) is 11.0 Å². The zero-order valence-electron chi connectivity index (χ0n) is 15.4. The van der Waals surface area contributed by atoms with Crippen LogP contribution in [0.3, 0.4) is 0 Å². The molecule has 1 aliphatic heterocycles. The fourth-order valence-corrected chi connectivity index (χ4v) is 3.35. The zero-order chi connectivity index (χ0) is 20.6. The summed E-state index contributed by atoms with van der Waals surface area (Å²) in [7, 11) is 0. The minimum Gasteiger partial charge on any atom is -0.481 e. The molecule has 27 heavy (non-hydrogen) atoms. The second-order valence-corrected chi connectivity index (χ2v) is 6.76. The molecule has 2 aromatic heterocycles. The molecule has 1 aliphatic rings. The van der Waals surface area contributed by atoms with E-state index in [1.165, 1.54) is 0 Å². The van der Waals surface area contributed by atoms with Crippen LogP contribution in [-0.4, -0.2) is 42.8 Å². The van der Waals surface area contributed by atoms with E-state index in [1.54, 1.807) is 10.8 Å². The van der Waals surface area contributed by atoms with Crippen LogP contribution in [0.25, 0.3) is 10.3 Å². The molecule has 3 heterocycles. The number of anilines is 1. The summed E-state index contributed by atoms with van der Waals surface area (Å²) in [6.45, 7) is 4.30. The quantitative estimate of drug-likeness (QED) is 0.701. The number of carboxylic acid groups (broad SMARTS) is 2. The van der Waals surface area contributed by atoms with Gasteiger partial charge in [-0.25, -0.2) is 4.98 Å². The van der Waals surface area contributed by atoms with Gasteiger partial charge in [0.05, 0.1) is 17.0 Å². The summed E-state index contributed by atoms with van der Waals surface area (Å²) in [5.74, 6) is -1.48. The Hall–Kier alpha value is -2.53. The lowest BCUT2D eigenvalue weighted by molar-refractivity contribution is -0.135. The van der Waals surface area contributed by atoms with Crippen molar-refractivity contribution in [2.24, 2.45) is 0 Å². The molecule has 0 aliphatic carbocycles. The Morgan fingerprint density at radius 3 is 2.48 bits per heavy atom. The molecule has 1 fully saturated rings. The van der Waals surface area contributed by atoms with Crippen molar-refractivity contribution >= 4 is 39.6 Å². The summed E-state index contributed by atoms with van der Waals surface area (Å²) in [5.41, 5.74) is 6.19. The Balaban J connectivity index is 0.000000390. The summed E-state index contributed by atoms with van der Waals surface area (Å²) in [4.78, 5) is 38.1. The molecule has 3 rings (SSSR count). The fourth-order valence-electron chi connectivity index (χ4n) is 2.51. The summed E-state index contributed by atoms with van der Waals surface area (Å²) in [5, 5.41) is 14.8. The maximum atomic E-state index is 12.1. The van der Waals surface area contributed by atoms with Gasteiger partial charge in [0.2, 0.25) is 5.95 Å². The Morgan fingerprint density at radius 1 is 1.33 bits per heavy atom. The van der Waals surface area contributed by atoms with Crippen molar-refractivity contribution in [3.05, 3.63) is 15.9 Å². The molecule has 0 radical (unpaired) electrons. The fraction of sp³-hybridized carbons (Fsp3) is 0.562.